The van der Waals surface area contributed by atoms with Gasteiger partial charge in [0.15, 0.2) is 0 Å². The summed E-state index contributed by atoms with van der Waals surface area (Å²) in [6.45, 7) is 4.36. The van der Waals surface area contributed by atoms with Crippen molar-refractivity contribution < 1.29 is 4.79 Å². The first kappa shape index (κ1) is 18.1. The minimum atomic E-state index is -0.441. The predicted octanol–water partition coefficient (Wildman–Crippen LogP) is 1.06. The third-order valence-corrected chi connectivity index (χ3v) is 3.30. The summed E-state index contributed by atoms with van der Waals surface area (Å²) >= 11 is 0. The summed E-state index contributed by atoms with van der Waals surface area (Å²) in [6.07, 6.45) is 1.69. The maximum absolute atomic E-state index is 12.3. The molecule has 0 aliphatic rings. The molecule has 0 spiro atoms. The van der Waals surface area contributed by atoms with Gasteiger partial charge in [-0.05, 0) is 26.0 Å². The summed E-state index contributed by atoms with van der Waals surface area (Å²) in [4.78, 5) is 28.3. The highest BCUT2D eigenvalue weighted by Crippen LogP contribution is 2.05. The third-order valence-electron chi connectivity index (χ3n) is 3.30. The van der Waals surface area contributed by atoms with Gasteiger partial charge in [0.1, 0.15) is 0 Å². The number of nitrogens with zero attached hydrogens (tertiary/aromatic N) is 2. The number of para-hydroxylation sites is 1. The van der Waals surface area contributed by atoms with E-state index in [4.69, 9.17) is 5.73 Å². The molecule has 0 bridgehead atoms. The maximum atomic E-state index is 12.3. The highest BCUT2D eigenvalue weighted by molar-refractivity contribution is 5.85. The van der Waals surface area contributed by atoms with Crippen LogP contribution >= 0.6 is 12.4 Å². The summed E-state index contributed by atoms with van der Waals surface area (Å²) in [5, 5.41) is 3.39. The molecule has 0 unspecified atom stereocenters. The number of carbonyl (C=O) groups is 1. The van der Waals surface area contributed by atoms with E-state index in [9.17, 15) is 9.59 Å². The average Bonchev–Trinajstić information content (AvgIpc) is 2.46. The van der Waals surface area contributed by atoms with E-state index in [1.807, 2.05) is 19.9 Å². The fraction of sp³-hybridized carbons (Fsp3) is 0.400. The quantitative estimate of drug-likeness (QED) is 0.860. The van der Waals surface area contributed by atoms with E-state index >= 15 is 0 Å². The maximum Gasteiger partial charge on any atom is 0.261 e. The zero-order valence-corrected chi connectivity index (χ0v) is 13.5. The van der Waals surface area contributed by atoms with Gasteiger partial charge in [0.2, 0.25) is 5.91 Å². The molecule has 3 N–H and O–H groups in total. The summed E-state index contributed by atoms with van der Waals surface area (Å²) in [6, 6.07) is 7.16. The largest absolute Gasteiger partial charge is 0.350 e. The lowest BCUT2D eigenvalue weighted by atomic mass is 10.1. The molecule has 0 fully saturated rings. The van der Waals surface area contributed by atoms with Crippen LogP contribution in [0.15, 0.2) is 35.4 Å². The zero-order chi connectivity index (χ0) is 15.5. The summed E-state index contributed by atoms with van der Waals surface area (Å²) in [7, 11) is 0. The van der Waals surface area contributed by atoms with E-state index in [0.717, 1.165) is 0 Å². The molecule has 2 aromatic rings. The second kappa shape index (κ2) is 7.38. The number of hydrogen-bond donors (Lipinski definition) is 2. The van der Waals surface area contributed by atoms with Gasteiger partial charge in [-0.15, -0.1) is 12.4 Å². The average molecular weight is 325 g/mol. The third kappa shape index (κ3) is 4.29. The number of aromatic nitrogens is 2. The van der Waals surface area contributed by atoms with Gasteiger partial charge in [-0.3, -0.25) is 14.2 Å². The number of benzene rings is 1. The molecular weight excluding hydrogens is 304 g/mol. The van der Waals surface area contributed by atoms with Crippen molar-refractivity contribution in [3.8, 4) is 0 Å². The molecule has 0 saturated carbocycles. The van der Waals surface area contributed by atoms with E-state index in [0.29, 0.717) is 24.0 Å². The molecule has 0 aliphatic heterocycles. The first-order chi connectivity index (χ1) is 9.93. The van der Waals surface area contributed by atoms with Gasteiger partial charge in [0, 0.05) is 25.0 Å². The van der Waals surface area contributed by atoms with Crippen LogP contribution in [0.3, 0.4) is 0 Å². The van der Waals surface area contributed by atoms with Crippen molar-refractivity contribution in [3.05, 3.63) is 40.9 Å². The Balaban J connectivity index is 0.00000242. The SMILES string of the molecule is CC(C)(CN)NC(=O)CCn1cnc2ccccc2c1=O.Cl. The molecule has 0 radical (unpaired) electrons. The zero-order valence-electron chi connectivity index (χ0n) is 12.7. The number of amides is 1. The molecule has 1 amide bonds. The van der Waals surface area contributed by atoms with Crippen molar-refractivity contribution in [2.75, 3.05) is 6.54 Å². The number of rotatable bonds is 5. The van der Waals surface area contributed by atoms with Crippen molar-refractivity contribution in [2.24, 2.45) is 5.73 Å². The van der Waals surface area contributed by atoms with Crippen molar-refractivity contribution in [1.82, 2.24) is 14.9 Å². The lowest BCUT2D eigenvalue weighted by molar-refractivity contribution is -0.122. The molecule has 6 nitrogen and oxygen atoms in total. The van der Waals surface area contributed by atoms with E-state index in [-0.39, 0.29) is 30.3 Å². The van der Waals surface area contributed by atoms with Gasteiger partial charge in [-0.25, -0.2) is 4.98 Å². The van der Waals surface area contributed by atoms with Gasteiger partial charge < -0.3 is 11.1 Å². The van der Waals surface area contributed by atoms with E-state index in [1.54, 1.807) is 18.2 Å². The lowest BCUT2D eigenvalue weighted by Crippen LogP contribution is -2.49. The van der Waals surface area contributed by atoms with Crippen molar-refractivity contribution in [1.29, 1.82) is 0 Å². The van der Waals surface area contributed by atoms with Gasteiger partial charge in [-0.1, -0.05) is 12.1 Å². The number of nitrogens with one attached hydrogen (secondary N) is 1. The molecule has 120 valence electrons. The topological polar surface area (TPSA) is 90.0 Å². The van der Waals surface area contributed by atoms with Crippen LogP contribution in [0.5, 0.6) is 0 Å². The standard InChI is InChI=1S/C15H20N4O2.ClH/c1-15(2,9-16)18-13(20)7-8-19-10-17-12-6-4-3-5-11(12)14(19)21;/h3-6,10H,7-9,16H2,1-2H3,(H,18,20);1H. The van der Waals surface area contributed by atoms with Crippen LogP contribution in [-0.4, -0.2) is 27.5 Å². The molecule has 2 rings (SSSR count). The van der Waals surface area contributed by atoms with Crippen LogP contribution in [0.4, 0.5) is 0 Å². The smallest absolute Gasteiger partial charge is 0.261 e. The number of halogens is 1. The number of fused-ring (bicyclic) bond motifs is 1. The minimum Gasteiger partial charge on any atom is -0.350 e. The fourth-order valence-corrected chi connectivity index (χ4v) is 1.98. The Morgan fingerprint density at radius 1 is 1.36 bits per heavy atom. The van der Waals surface area contributed by atoms with Crippen LogP contribution in [0.25, 0.3) is 10.9 Å². The molecule has 0 saturated heterocycles. The van der Waals surface area contributed by atoms with Crippen LogP contribution in [-0.2, 0) is 11.3 Å². The molecule has 1 heterocycles. The number of aryl methyl sites for hydroxylation is 1. The summed E-state index contributed by atoms with van der Waals surface area (Å²) in [5.41, 5.74) is 5.65. The molecule has 0 aliphatic carbocycles. The summed E-state index contributed by atoms with van der Waals surface area (Å²) < 4.78 is 1.46. The van der Waals surface area contributed by atoms with Crippen molar-refractivity contribution in [3.63, 3.8) is 0 Å². The fourth-order valence-electron chi connectivity index (χ4n) is 1.98. The Labute approximate surface area is 135 Å². The van der Waals surface area contributed by atoms with E-state index in [1.165, 1.54) is 10.9 Å². The Hall–Kier alpha value is -1.92. The summed E-state index contributed by atoms with van der Waals surface area (Å²) in [5.74, 6) is -0.134. The molecule has 1 aromatic carbocycles. The Morgan fingerprint density at radius 3 is 2.73 bits per heavy atom. The van der Waals surface area contributed by atoms with Gasteiger partial charge >= 0.3 is 0 Å². The van der Waals surface area contributed by atoms with Gasteiger partial charge in [-0.2, -0.15) is 0 Å². The van der Waals surface area contributed by atoms with Crippen molar-refractivity contribution in [2.45, 2.75) is 32.4 Å². The molecule has 22 heavy (non-hydrogen) atoms. The van der Waals surface area contributed by atoms with Crippen LogP contribution in [0, 0.1) is 0 Å². The number of nitrogens with two attached hydrogens (primary N) is 1. The highest BCUT2D eigenvalue weighted by Gasteiger charge is 2.18. The number of carbonyl (C=O) groups excluding carboxylic acids is 1. The second-order valence-corrected chi connectivity index (χ2v) is 5.65. The predicted molar refractivity (Wildman–Crippen MR) is 89.1 cm³/mol. The minimum absolute atomic E-state index is 0. The van der Waals surface area contributed by atoms with Crippen molar-refractivity contribution >= 4 is 29.2 Å². The van der Waals surface area contributed by atoms with Gasteiger partial charge in [0.25, 0.3) is 5.56 Å². The van der Waals surface area contributed by atoms with E-state index < -0.39 is 5.54 Å². The Kier molecular flexibility index (Phi) is 6.08. The molecular formula is C15H21ClN4O2. The second-order valence-electron chi connectivity index (χ2n) is 5.65. The number of hydrogen-bond acceptors (Lipinski definition) is 4. The molecule has 1 aromatic heterocycles. The monoisotopic (exact) mass is 324 g/mol. The first-order valence-corrected chi connectivity index (χ1v) is 6.88. The van der Waals surface area contributed by atoms with Crippen LogP contribution in [0.1, 0.15) is 20.3 Å². The van der Waals surface area contributed by atoms with E-state index in [2.05, 4.69) is 10.3 Å². The normalized spacial score (nSPS) is 11.0. The highest BCUT2D eigenvalue weighted by atomic mass is 35.5. The van der Waals surface area contributed by atoms with Crippen LogP contribution in [0.2, 0.25) is 0 Å². The molecule has 7 heteroatoms. The first-order valence-electron chi connectivity index (χ1n) is 6.88. The Morgan fingerprint density at radius 2 is 2.05 bits per heavy atom. The van der Waals surface area contributed by atoms with Crippen LogP contribution < -0.4 is 16.6 Å². The lowest BCUT2D eigenvalue weighted by Gasteiger charge is -2.24. The molecule has 0 atom stereocenters. The van der Waals surface area contributed by atoms with Gasteiger partial charge in [0.05, 0.1) is 17.2 Å². The Bertz CT molecular complexity index is 712.